The average molecular weight is 279 g/mol. The van der Waals surface area contributed by atoms with Gasteiger partial charge in [0.2, 0.25) is 5.75 Å². The standard InChI is InChI=1S/C13H11ClN2O3/c1-9-7-15-8-12(16(17)18)13(9)19-11-4-2-3-10(14)5-6-11/h2,4-8H,3H2,1H3. The number of pyridine rings is 1. The number of rotatable bonds is 3. The first kappa shape index (κ1) is 13.3. The highest BCUT2D eigenvalue weighted by atomic mass is 35.5. The summed E-state index contributed by atoms with van der Waals surface area (Å²) in [6.07, 6.45) is 10.3. The second-order valence-electron chi connectivity index (χ2n) is 3.95. The smallest absolute Gasteiger partial charge is 0.329 e. The Balaban J connectivity index is 2.36. The van der Waals surface area contributed by atoms with Gasteiger partial charge < -0.3 is 4.74 Å². The van der Waals surface area contributed by atoms with Gasteiger partial charge in [0.05, 0.1) is 4.92 Å². The average Bonchev–Trinajstić information content (AvgIpc) is 2.56. The summed E-state index contributed by atoms with van der Waals surface area (Å²) in [6.45, 7) is 1.71. The van der Waals surface area contributed by atoms with Gasteiger partial charge in [-0.1, -0.05) is 17.7 Å². The number of aromatic nitrogens is 1. The van der Waals surface area contributed by atoms with Crippen molar-refractivity contribution >= 4 is 17.3 Å². The molecule has 0 radical (unpaired) electrons. The van der Waals surface area contributed by atoms with Crippen LogP contribution in [0.4, 0.5) is 5.69 Å². The highest BCUT2D eigenvalue weighted by Crippen LogP contribution is 2.31. The van der Waals surface area contributed by atoms with Crippen molar-refractivity contribution in [2.75, 3.05) is 0 Å². The molecule has 0 aliphatic heterocycles. The normalized spacial score (nSPS) is 14.4. The van der Waals surface area contributed by atoms with Crippen molar-refractivity contribution in [3.05, 3.63) is 63.2 Å². The second kappa shape index (κ2) is 5.67. The molecular weight excluding hydrogens is 268 g/mol. The summed E-state index contributed by atoms with van der Waals surface area (Å²) in [5, 5.41) is 11.6. The molecule has 0 N–H and O–H groups in total. The van der Waals surface area contributed by atoms with Crippen LogP contribution in [-0.4, -0.2) is 9.91 Å². The van der Waals surface area contributed by atoms with Crippen molar-refractivity contribution in [2.24, 2.45) is 0 Å². The van der Waals surface area contributed by atoms with Crippen molar-refractivity contribution < 1.29 is 9.66 Å². The lowest BCUT2D eigenvalue weighted by molar-refractivity contribution is -0.386. The quantitative estimate of drug-likeness (QED) is 0.625. The molecule has 1 heterocycles. The van der Waals surface area contributed by atoms with Crippen molar-refractivity contribution in [1.82, 2.24) is 4.98 Å². The van der Waals surface area contributed by atoms with E-state index >= 15 is 0 Å². The predicted octanol–water partition coefficient (Wildman–Crippen LogP) is 3.64. The van der Waals surface area contributed by atoms with E-state index < -0.39 is 4.92 Å². The molecule has 0 amide bonds. The molecule has 2 rings (SSSR count). The molecule has 1 aliphatic rings. The number of nitro groups is 1. The number of aryl methyl sites for hydroxylation is 1. The first-order valence-corrected chi connectivity index (χ1v) is 5.95. The van der Waals surface area contributed by atoms with E-state index in [-0.39, 0.29) is 11.4 Å². The molecule has 5 nitrogen and oxygen atoms in total. The predicted molar refractivity (Wildman–Crippen MR) is 72.0 cm³/mol. The summed E-state index contributed by atoms with van der Waals surface area (Å²) in [5.41, 5.74) is 0.441. The summed E-state index contributed by atoms with van der Waals surface area (Å²) in [5.74, 6) is 0.690. The Labute approximate surface area is 115 Å². The summed E-state index contributed by atoms with van der Waals surface area (Å²) >= 11 is 5.89. The zero-order valence-corrected chi connectivity index (χ0v) is 10.9. The zero-order valence-electron chi connectivity index (χ0n) is 10.2. The van der Waals surface area contributed by atoms with Crippen LogP contribution in [0.5, 0.6) is 5.75 Å². The van der Waals surface area contributed by atoms with Crippen LogP contribution in [0.25, 0.3) is 0 Å². The molecule has 0 spiro atoms. The van der Waals surface area contributed by atoms with E-state index in [0.717, 1.165) is 0 Å². The fraction of sp³-hybridized carbons (Fsp3) is 0.154. The number of hydrogen-bond acceptors (Lipinski definition) is 4. The lowest BCUT2D eigenvalue weighted by Crippen LogP contribution is -2.00. The van der Waals surface area contributed by atoms with Gasteiger partial charge in [0, 0.05) is 23.2 Å². The Kier molecular flexibility index (Phi) is 3.97. The van der Waals surface area contributed by atoms with Crippen LogP contribution in [0, 0.1) is 17.0 Å². The maximum Gasteiger partial charge on any atom is 0.329 e. The number of nitrogens with zero attached hydrogens (tertiary/aromatic N) is 2. The van der Waals surface area contributed by atoms with Gasteiger partial charge in [0.1, 0.15) is 12.0 Å². The van der Waals surface area contributed by atoms with Crippen molar-refractivity contribution in [1.29, 1.82) is 0 Å². The molecule has 0 aromatic carbocycles. The lowest BCUT2D eigenvalue weighted by atomic mass is 10.2. The number of ether oxygens (including phenoxy) is 1. The van der Waals surface area contributed by atoms with Crippen LogP contribution >= 0.6 is 11.6 Å². The fourth-order valence-corrected chi connectivity index (χ4v) is 1.72. The van der Waals surface area contributed by atoms with Crippen LogP contribution in [0.1, 0.15) is 12.0 Å². The molecule has 1 aromatic heterocycles. The zero-order chi connectivity index (χ0) is 13.8. The molecule has 0 fully saturated rings. The fourth-order valence-electron chi connectivity index (χ4n) is 1.57. The van der Waals surface area contributed by atoms with Gasteiger partial charge in [-0.3, -0.25) is 15.1 Å². The molecule has 1 aliphatic carbocycles. The molecule has 0 saturated heterocycles. The third kappa shape index (κ3) is 3.20. The van der Waals surface area contributed by atoms with Gasteiger partial charge in [0.25, 0.3) is 0 Å². The highest BCUT2D eigenvalue weighted by molar-refractivity contribution is 6.29. The molecule has 0 atom stereocenters. The molecule has 19 heavy (non-hydrogen) atoms. The molecule has 6 heteroatoms. The maximum absolute atomic E-state index is 11.0. The SMILES string of the molecule is Cc1cncc([N+](=O)[O-])c1OC1=CC=C(Cl)CC=C1. The van der Waals surface area contributed by atoms with Crippen LogP contribution < -0.4 is 4.74 Å². The topological polar surface area (TPSA) is 65.3 Å². The molecule has 0 bridgehead atoms. The first-order chi connectivity index (χ1) is 9.08. The first-order valence-electron chi connectivity index (χ1n) is 5.57. The molecular formula is C13H11ClN2O3. The summed E-state index contributed by atoms with van der Waals surface area (Å²) < 4.78 is 5.60. The minimum Gasteiger partial charge on any atom is -0.450 e. The number of halogens is 1. The van der Waals surface area contributed by atoms with Crippen LogP contribution in [0.3, 0.4) is 0 Å². The highest BCUT2D eigenvalue weighted by Gasteiger charge is 2.19. The minimum absolute atomic E-state index is 0.159. The Morgan fingerprint density at radius 3 is 2.95 bits per heavy atom. The van der Waals surface area contributed by atoms with Gasteiger partial charge in [0.15, 0.2) is 0 Å². The maximum atomic E-state index is 11.0. The van der Waals surface area contributed by atoms with Crippen molar-refractivity contribution in [3.8, 4) is 5.75 Å². The van der Waals surface area contributed by atoms with Gasteiger partial charge in [-0.2, -0.15) is 0 Å². The van der Waals surface area contributed by atoms with Crippen LogP contribution in [0.2, 0.25) is 0 Å². The second-order valence-corrected chi connectivity index (χ2v) is 4.44. The van der Waals surface area contributed by atoms with E-state index in [0.29, 0.717) is 22.8 Å². The third-order valence-electron chi connectivity index (χ3n) is 2.50. The summed E-state index contributed by atoms with van der Waals surface area (Å²) in [7, 11) is 0. The van der Waals surface area contributed by atoms with Gasteiger partial charge >= 0.3 is 5.69 Å². The monoisotopic (exact) mass is 278 g/mol. The van der Waals surface area contributed by atoms with Crippen LogP contribution in [-0.2, 0) is 0 Å². The number of hydrogen-bond donors (Lipinski definition) is 0. The van der Waals surface area contributed by atoms with Crippen molar-refractivity contribution in [2.45, 2.75) is 13.3 Å². The molecule has 98 valence electrons. The molecule has 0 unspecified atom stereocenters. The van der Waals surface area contributed by atoms with E-state index in [9.17, 15) is 10.1 Å². The largest absolute Gasteiger partial charge is 0.450 e. The number of allylic oxidation sites excluding steroid dienone is 5. The van der Waals surface area contributed by atoms with Crippen LogP contribution in [0.15, 0.2) is 47.5 Å². The third-order valence-corrected chi connectivity index (χ3v) is 2.78. The van der Waals surface area contributed by atoms with Gasteiger partial charge in [-0.25, -0.2) is 0 Å². The Morgan fingerprint density at radius 1 is 1.42 bits per heavy atom. The lowest BCUT2D eigenvalue weighted by Gasteiger charge is -2.08. The van der Waals surface area contributed by atoms with E-state index in [1.807, 2.05) is 6.08 Å². The summed E-state index contributed by atoms with van der Waals surface area (Å²) in [4.78, 5) is 14.2. The van der Waals surface area contributed by atoms with Crippen molar-refractivity contribution in [3.63, 3.8) is 0 Å². The van der Waals surface area contributed by atoms with Gasteiger partial charge in [-0.15, -0.1) is 0 Å². The van der Waals surface area contributed by atoms with E-state index in [2.05, 4.69) is 4.98 Å². The summed E-state index contributed by atoms with van der Waals surface area (Å²) in [6, 6.07) is 0. The minimum atomic E-state index is -0.515. The molecule has 0 saturated carbocycles. The Hall–Kier alpha value is -2.14. The Bertz CT molecular complexity index is 606. The van der Waals surface area contributed by atoms with E-state index in [1.165, 1.54) is 12.4 Å². The Morgan fingerprint density at radius 2 is 2.21 bits per heavy atom. The van der Waals surface area contributed by atoms with E-state index in [1.54, 1.807) is 25.2 Å². The van der Waals surface area contributed by atoms with Gasteiger partial charge in [-0.05, 0) is 25.2 Å². The molecule has 1 aromatic rings. The van der Waals surface area contributed by atoms with E-state index in [4.69, 9.17) is 16.3 Å².